The van der Waals surface area contributed by atoms with Crippen LogP contribution in [0, 0.1) is 0 Å². The summed E-state index contributed by atoms with van der Waals surface area (Å²) in [4.78, 5) is 23.9. The highest BCUT2D eigenvalue weighted by atomic mass is 16.5. The Balaban J connectivity index is 2.59. The van der Waals surface area contributed by atoms with Crippen LogP contribution in [-0.4, -0.2) is 57.9 Å². The summed E-state index contributed by atoms with van der Waals surface area (Å²) >= 11 is 0. The third-order valence-electron chi connectivity index (χ3n) is 2.51. The molecule has 98 valence electrons. The van der Waals surface area contributed by atoms with E-state index in [-0.39, 0.29) is 19.6 Å². The third-order valence-corrected chi connectivity index (χ3v) is 2.51. The maximum Gasteiger partial charge on any atom is 0.326 e. The van der Waals surface area contributed by atoms with Gasteiger partial charge in [-0.1, -0.05) is 0 Å². The summed E-state index contributed by atoms with van der Waals surface area (Å²) in [5, 5.41) is 18.3. The molecule has 1 heterocycles. The molecule has 0 bridgehead atoms. The third kappa shape index (κ3) is 3.98. The molecular formula is C11H19NO5. The van der Waals surface area contributed by atoms with Gasteiger partial charge < -0.3 is 19.8 Å². The van der Waals surface area contributed by atoms with Gasteiger partial charge in [-0.05, 0) is 20.8 Å². The highest BCUT2D eigenvalue weighted by Gasteiger charge is 2.38. The largest absolute Gasteiger partial charge is 0.480 e. The molecule has 0 aromatic heterocycles. The number of amides is 1. The lowest BCUT2D eigenvalue weighted by Crippen LogP contribution is -2.43. The fourth-order valence-corrected chi connectivity index (χ4v) is 1.68. The van der Waals surface area contributed by atoms with Crippen LogP contribution in [0.4, 0.5) is 0 Å². The van der Waals surface area contributed by atoms with E-state index in [9.17, 15) is 14.7 Å². The topological polar surface area (TPSA) is 87.1 Å². The number of aliphatic carboxylic acids is 1. The first-order valence-electron chi connectivity index (χ1n) is 5.55. The highest BCUT2D eigenvalue weighted by molar-refractivity contribution is 5.85. The van der Waals surface area contributed by atoms with Crippen molar-refractivity contribution in [1.29, 1.82) is 0 Å². The Kier molecular flexibility index (Phi) is 4.11. The molecule has 1 saturated heterocycles. The number of ether oxygens (including phenoxy) is 1. The van der Waals surface area contributed by atoms with Crippen molar-refractivity contribution in [1.82, 2.24) is 4.90 Å². The van der Waals surface area contributed by atoms with Gasteiger partial charge in [0.15, 0.2) is 0 Å². The fraction of sp³-hybridized carbons (Fsp3) is 0.818. The van der Waals surface area contributed by atoms with Crippen LogP contribution in [0.15, 0.2) is 0 Å². The average Bonchev–Trinajstić information content (AvgIpc) is 2.55. The van der Waals surface area contributed by atoms with Gasteiger partial charge >= 0.3 is 5.97 Å². The van der Waals surface area contributed by atoms with Gasteiger partial charge in [0.1, 0.15) is 12.6 Å². The number of carboxylic acids is 1. The average molecular weight is 245 g/mol. The number of rotatable bonds is 3. The Labute approximate surface area is 100 Å². The van der Waals surface area contributed by atoms with Crippen molar-refractivity contribution in [3.05, 3.63) is 0 Å². The molecule has 0 saturated carbocycles. The molecule has 1 rings (SSSR count). The van der Waals surface area contributed by atoms with Crippen LogP contribution < -0.4 is 0 Å². The molecule has 0 spiro atoms. The number of hydrogen-bond acceptors (Lipinski definition) is 4. The number of β-amino-alcohol motifs (C(OH)–C–C–N with tert-alkyl or cyclic N) is 1. The smallest absolute Gasteiger partial charge is 0.326 e. The molecule has 0 radical (unpaired) electrons. The fourth-order valence-electron chi connectivity index (χ4n) is 1.68. The van der Waals surface area contributed by atoms with E-state index in [1.165, 1.54) is 4.90 Å². The Hall–Kier alpha value is -1.14. The second kappa shape index (κ2) is 5.01. The van der Waals surface area contributed by atoms with Crippen LogP contribution in [0.1, 0.15) is 27.2 Å². The predicted molar refractivity (Wildman–Crippen MR) is 59.5 cm³/mol. The number of carboxylic acid groups (broad SMARTS) is 1. The number of aliphatic hydroxyl groups is 1. The number of carbonyl (C=O) groups is 2. The summed E-state index contributed by atoms with van der Waals surface area (Å²) in [6, 6.07) is -0.943. The summed E-state index contributed by atoms with van der Waals surface area (Å²) < 4.78 is 5.30. The molecule has 0 aromatic carbocycles. The number of nitrogens with zero attached hydrogens (tertiary/aromatic N) is 1. The lowest BCUT2D eigenvalue weighted by atomic mass is 10.2. The van der Waals surface area contributed by atoms with Gasteiger partial charge in [-0.15, -0.1) is 0 Å². The molecule has 1 amide bonds. The molecule has 0 aliphatic carbocycles. The standard InChI is InChI=1S/C11H19NO5/c1-11(2,3)17-6-9(14)12-5-7(13)4-8(12)10(15)16/h7-8,13H,4-6H2,1-3H3,(H,15,16)/t7-,8+/m1/s1. The van der Waals surface area contributed by atoms with Crippen molar-refractivity contribution >= 4 is 11.9 Å². The maximum absolute atomic E-state index is 11.8. The molecule has 1 aliphatic heterocycles. The summed E-state index contributed by atoms with van der Waals surface area (Å²) in [5.74, 6) is -1.49. The first-order chi connectivity index (χ1) is 7.70. The molecule has 17 heavy (non-hydrogen) atoms. The van der Waals surface area contributed by atoms with Crippen molar-refractivity contribution in [2.45, 2.75) is 44.9 Å². The lowest BCUT2D eigenvalue weighted by molar-refractivity contribution is -0.152. The van der Waals surface area contributed by atoms with Crippen molar-refractivity contribution in [3.8, 4) is 0 Å². The SMILES string of the molecule is CC(C)(C)OCC(=O)N1C[C@H](O)C[C@H]1C(=O)O. The predicted octanol–water partition coefficient (Wildman–Crippen LogP) is -0.152. The molecule has 2 N–H and O–H groups in total. The van der Waals surface area contributed by atoms with Gasteiger partial charge in [0, 0.05) is 13.0 Å². The van der Waals surface area contributed by atoms with Crippen LogP contribution >= 0.6 is 0 Å². The zero-order valence-corrected chi connectivity index (χ0v) is 10.3. The van der Waals surface area contributed by atoms with Crippen molar-refractivity contribution in [2.24, 2.45) is 0 Å². The zero-order chi connectivity index (χ0) is 13.2. The Morgan fingerprint density at radius 1 is 1.41 bits per heavy atom. The first kappa shape index (κ1) is 13.9. The van der Waals surface area contributed by atoms with Crippen LogP contribution in [-0.2, 0) is 14.3 Å². The number of hydrogen-bond donors (Lipinski definition) is 2. The second-order valence-corrected chi connectivity index (χ2v) is 5.19. The number of aliphatic hydroxyl groups excluding tert-OH is 1. The van der Waals surface area contributed by atoms with E-state index in [0.29, 0.717) is 0 Å². The first-order valence-corrected chi connectivity index (χ1v) is 5.55. The molecule has 0 aromatic rings. The van der Waals surface area contributed by atoms with E-state index in [1.807, 2.05) is 20.8 Å². The van der Waals surface area contributed by atoms with Crippen LogP contribution in [0.2, 0.25) is 0 Å². The molecule has 6 heteroatoms. The second-order valence-electron chi connectivity index (χ2n) is 5.19. The molecule has 6 nitrogen and oxygen atoms in total. The minimum atomic E-state index is -1.09. The van der Waals surface area contributed by atoms with E-state index in [2.05, 4.69) is 0 Å². The van der Waals surface area contributed by atoms with Gasteiger partial charge in [0.2, 0.25) is 5.91 Å². The van der Waals surface area contributed by atoms with Crippen molar-refractivity contribution in [3.63, 3.8) is 0 Å². The zero-order valence-electron chi connectivity index (χ0n) is 10.3. The summed E-state index contributed by atoms with van der Waals surface area (Å²) in [7, 11) is 0. The van der Waals surface area contributed by atoms with E-state index in [1.54, 1.807) is 0 Å². The van der Waals surface area contributed by atoms with E-state index in [4.69, 9.17) is 9.84 Å². The van der Waals surface area contributed by atoms with Gasteiger partial charge in [0.05, 0.1) is 11.7 Å². The summed E-state index contributed by atoms with van der Waals surface area (Å²) in [6.07, 6.45) is -0.689. The summed E-state index contributed by atoms with van der Waals surface area (Å²) in [6.45, 7) is 5.33. The van der Waals surface area contributed by atoms with E-state index >= 15 is 0 Å². The molecular weight excluding hydrogens is 226 g/mol. The maximum atomic E-state index is 11.8. The van der Waals surface area contributed by atoms with Crippen LogP contribution in [0.3, 0.4) is 0 Å². The quantitative estimate of drug-likeness (QED) is 0.722. The number of carbonyl (C=O) groups excluding carboxylic acids is 1. The Morgan fingerprint density at radius 2 is 2.00 bits per heavy atom. The highest BCUT2D eigenvalue weighted by Crippen LogP contribution is 2.19. The van der Waals surface area contributed by atoms with E-state index in [0.717, 1.165) is 0 Å². The minimum absolute atomic E-state index is 0.0588. The Bertz CT molecular complexity index is 309. The van der Waals surface area contributed by atoms with Gasteiger partial charge in [-0.25, -0.2) is 4.79 Å². The molecule has 2 atom stereocenters. The van der Waals surface area contributed by atoms with Crippen molar-refractivity contribution < 1.29 is 24.5 Å². The van der Waals surface area contributed by atoms with Gasteiger partial charge in [0.25, 0.3) is 0 Å². The van der Waals surface area contributed by atoms with Crippen LogP contribution in [0.5, 0.6) is 0 Å². The monoisotopic (exact) mass is 245 g/mol. The molecule has 0 unspecified atom stereocenters. The molecule has 1 fully saturated rings. The van der Waals surface area contributed by atoms with E-state index < -0.39 is 29.6 Å². The Morgan fingerprint density at radius 3 is 2.47 bits per heavy atom. The minimum Gasteiger partial charge on any atom is -0.480 e. The van der Waals surface area contributed by atoms with Crippen molar-refractivity contribution in [2.75, 3.05) is 13.2 Å². The van der Waals surface area contributed by atoms with Crippen LogP contribution in [0.25, 0.3) is 0 Å². The number of likely N-dealkylation sites (tertiary alicyclic amines) is 1. The molecule has 1 aliphatic rings. The summed E-state index contributed by atoms with van der Waals surface area (Å²) in [5.41, 5.74) is -0.452. The van der Waals surface area contributed by atoms with Gasteiger partial charge in [-0.3, -0.25) is 4.79 Å². The normalized spacial score (nSPS) is 25.1. The lowest BCUT2D eigenvalue weighted by Gasteiger charge is -2.24. The van der Waals surface area contributed by atoms with Gasteiger partial charge in [-0.2, -0.15) is 0 Å².